The number of hydrogen-bond acceptors (Lipinski definition) is 4. The lowest BCUT2D eigenvalue weighted by Gasteiger charge is -2.10. The molecule has 0 saturated heterocycles. The van der Waals surface area contributed by atoms with E-state index < -0.39 is 11.2 Å². The van der Waals surface area contributed by atoms with Crippen LogP contribution in [0.25, 0.3) is 0 Å². The molecular formula is C12H17N3O4. The van der Waals surface area contributed by atoms with Crippen molar-refractivity contribution < 1.29 is 9.90 Å². The van der Waals surface area contributed by atoms with Gasteiger partial charge in [-0.1, -0.05) is 6.92 Å². The molecule has 0 aliphatic heterocycles. The van der Waals surface area contributed by atoms with Gasteiger partial charge < -0.3 is 10.4 Å². The van der Waals surface area contributed by atoms with E-state index >= 15 is 0 Å². The molecule has 1 aliphatic carbocycles. The van der Waals surface area contributed by atoms with Crippen LogP contribution >= 0.6 is 0 Å². The van der Waals surface area contributed by atoms with Crippen molar-refractivity contribution in [2.75, 3.05) is 0 Å². The van der Waals surface area contributed by atoms with Gasteiger partial charge in [-0.2, -0.15) is 0 Å². The highest BCUT2D eigenvalue weighted by molar-refractivity contribution is 5.76. The summed E-state index contributed by atoms with van der Waals surface area (Å²) >= 11 is 0. The van der Waals surface area contributed by atoms with Crippen LogP contribution in [0, 0.1) is 0 Å². The molecule has 0 atom stereocenters. The van der Waals surface area contributed by atoms with Crippen molar-refractivity contribution in [3.05, 3.63) is 26.4 Å². The summed E-state index contributed by atoms with van der Waals surface area (Å²) in [6.45, 7) is 1.76. The van der Waals surface area contributed by atoms with E-state index in [1.54, 1.807) is 6.92 Å². The first-order valence-electron chi connectivity index (χ1n) is 6.37. The van der Waals surface area contributed by atoms with E-state index in [-0.39, 0.29) is 36.4 Å². The fraction of sp³-hybridized carbons (Fsp3) is 0.583. The molecule has 1 aromatic rings. The Morgan fingerprint density at radius 3 is 2.74 bits per heavy atom. The van der Waals surface area contributed by atoms with Crippen LogP contribution in [-0.2, 0) is 17.8 Å². The van der Waals surface area contributed by atoms with Crippen molar-refractivity contribution >= 4 is 5.91 Å². The molecule has 1 aliphatic rings. The molecule has 0 bridgehead atoms. The molecule has 1 heterocycles. The zero-order valence-electron chi connectivity index (χ0n) is 10.7. The van der Waals surface area contributed by atoms with Crippen molar-refractivity contribution in [2.24, 2.45) is 0 Å². The minimum Gasteiger partial charge on any atom is -0.494 e. The Labute approximate surface area is 109 Å². The molecular weight excluding hydrogens is 250 g/mol. The summed E-state index contributed by atoms with van der Waals surface area (Å²) in [5.74, 6) is -0.506. The Morgan fingerprint density at radius 1 is 1.47 bits per heavy atom. The highest BCUT2D eigenvalue weighted by atomic mass is 16.3. The van der Waals surface area contributed by atoms with Crippen molar-refractivity contribution in [1.29, 1.82) is 0 Å². The van der Waals surface area contributed by atoms with E-state index in [1.165, 1.54) is 0 Å². The quantitative estimate of drug-likeness (QED) is 0.667. The predicted octanol–water partition coefficient (Wildman–Crippen LogP) is -0.527. The van der Waals surface area contributed by atoms with Crippen LogP contribution in [0.5, 0.6) is 5.88 Å². The standard InChI is InChI=1S/C12H17N3O4/c1-2-8-10(17)14-12(19)15(11(8)18)6-5-9(16)13-7-3-4-7/h7,18H,2-6H2,1H3,(H,13,16)(H,14,17,19). The normalized spacial score (nSPS) is 14.4. The van der Waals surface area contributed by atoms with Gasteiger partial charge in [0.2, 0.25) is 11.8 Å². The van der Waals surface area contributed by atoms with Crippen LogP contribution in [0.2, 0.25) is 0 Å². The number of rotatable bonds is 5. The van der Waals surface area contributed by atoms with Gasteiger partial charge in [0.25, 0.3) is 5.56 Å². The van der Waals surface area contributed by atoms with Gasteiger partial charge in [0.15, 0.2) is 0 Å². The summed E-state index contributed by atoms with van der Waals surface area (Å²) in [6, 6.07) is 0.264. The summed E-state index contributed by atoms with van der Waals surface area (Å²) in [5.41, 5.74) is -1.12. The van der Waals surface area contributed by atoms with Crippen molar-refractivity contribution in [2.45, 2.75) is 45.2 Å². The topological polar surface area (TPSA) is 104 Å². The molecule has 7 nitrogen and oxygen atoms in total. The number of aromatic nitrogens is 2. The van der Waals surface area contributed by atoms with Crippen LogP contribution in [0.3, 0.4) is 0 Å². The maximum absolute atomic E-state index is 11.6. The van der Waals surface area contributed by atoms with E-state index in [2.05, 4.69) is 10.3 Å². The highest BCUT2D eigenvalue weighted by Crippen LogP contribution is 2.18. The minimum absolute atomic E-state index is 0.0486. The second kappa shape index (κ2) is 5.29. The third kappa shape index (κ3) is 3.04. The predicted molar refractivity (Wildman–Crippen MR) is 68.1 cm³/mol. The Bertz CT molecular complexity index is 598. The Balaban J connectivity index is 2.12. The molecule has 3 N–H and O–H groups in total. The molecule has 0 unspecified atom stereocenters. The zero-order valence-corrected chi connectivity index (χ0v) is 10.7. The molecule has 7 heteroatoms. The summed E-state index contributed by atoms with van der Waals surface area (Å²) in [6.07, 6.45) is 2.40. The summed E-state index contributed by atoms with van der Waals surface area (Å²) < 4.78 is 1.02. The molecule has 19 heavy (non-hydrogen) atoms. The first-order chi connectivity index (χ1) is 9.02. The molecule has 1 fully saturated rings. The van der Waals surface area contributed by atoms with Crippen LogP contribution in [-0.4, -0.2) is 26.6 Å². The molecule has 0 aromatic carbocycles. The van der Waals surface area contributed by atoms with Crippen LogP contribution in [0.4, 0.5) is 0 Å². The van der Waals surface area contributed by atoms with E-state index in [9.17, 15) is 19.5 Å². The molecule has 1 amide bonds. The number of H-pyrrole nitrogens is 1. The lowest BCUT2D eigenvalue weighted by molar-refractivity contribution is -0.121. The summed E-state index contributed by atoms with van der Waals surface area (Å²) in [5, 5.41) is 12.7. The van der Waals surface area contributed by atoms with E-state index in [0.717, 1.165) is 17.4 Å². The number of amides is 1. The van der Waals surface area contributed by atoms with E-state index in [0.29, 0.717) is 6.42 Å². The fourth-order valence-corrected chi connectivity index (χ4v) is 1.87. The largest absolute Gasteiger partial charge is 0.494 e. The smallest absolute Gasteiger partial charge is 0.331 e. The van der Waals surface area contributed by atoms with Gasteiger partial charge in [0.1, 0.15) is 0 Å². The Kier molecular flexibility index (Phi) is 3.73. The fourth-order valence-electron chi connectivity index (χ4n) is 1.87. The third-order valence-electron chi connectivity index (χ3n) is 3.12. The number of nitrogens with zero attached hydrogens (tertiary/aromatic N) is 1. The number of carbonyl (C=O) groups is 1. The summed E-state index contributed by atoms with van der Waals surface area (Å²) in [4.78, 5) is 36.7. The second-order valence-corrected chi connectivity index (χ2v) is 4.66. The SMILES string of the molecule is CCc1c(O)n(CCC(=O)NC2CC2)c(=O)[nH]c1=O. The van der Waals surface area contributed by atoms with Gasteiger partial charge in [0, 0.05) is 19.0 Å². The van der Waals surface area contributed by atoms with E-state index in [4.69, 9.17) is 0 Å². The summed E-state index contributed by atoms with van der Waals surface area (Å²) in [7, 11) is 0. The lowest BCUT2D eigenvalue weighted by atomic mass is 10.2. The monoisotopic (exact) mass is 267 g/mol. The average molecular weight is 267 g/mol. The number of hydrogen-bond donors (Lipinski definition) is 3. The maximum Gasteiger partial charge on any atom is 0.331 e. The van der Waals surface area contributed by atoms with Crippen LogP contribution in [0.1, 0.15) is 31.7 Å². The zero-order chi connectivity index (χ0) is 14.0. The van der Waals surface area contributed by atoms with Crippen LogP contribution in [0.15, 0.2) is 9.59 Å². The Morgan fingerprint density at radius 2 is 2.16 bits per heavy atom. The van der Waals surface area contributed by atoms with Gasteiger partial charge in [-0.25, -0.2) is 4.79 Å². The molecule has 1 aromatic heterocycles. The van der Waals surface area contributed by atoms with Crippen molar-refractivity contribution in [3.8, 4) is 5.88 Å². The molecule has 2 rings (SSSR count). The average Bonchev–Trinajstić information content (AvgIpc) is 3.12. The van der Waals surface area contributed by atoms with Gasteiger partial charge in [-0.3, -0.25) is 19.1 Å². The Hall–Kier alpha value is -2.05. The number of carbonyl (C=O) groups excluding carboxylic acids is 1. The first-order valence-corrected chi connectivity index (χ1v) is 6.37. The molecule has 0 spiro atoms. The molecule has 1 saturated carbocycles. The number of aromatic hydroxyl groups is 1. The van der Waals surface area contributed by atoms with Gasteiger partial charge in [-0.15, -0.1) is 0 Å². The first kappa shape index (κ1) is 13.4. The molecule has 104 valence electrons. The third-order valence-corrected chi connectivity index (χ3v) is 3.12. The van der Waals surface area contributed by atoms with Gasteiger partial charge in [-0.05, 0) is 19.3 Å². The maximum atomic E-state index is 11.6. The van der Waals surface area contributed by atoms with Crippen molar-refractivity contribution in [3.63, 3.8) is 0 Å². The number of aromatic amines is 1. The van der Waals surface area contributed by atoms with E-state index in [1.807, 2.05) is 0 Å². The van der Waals surface area contributed by atoms with Crippen molar-refractivity contribution in [1.82, 2.24) is 14.9 Å². The molecule has 0 radical (unpaired) electrons. The van der Waals surface area contributed by atoms with Gasteiger partial charge >= 0.3 is 5.69 Å². The highest BCUT2D eigenvalue weighted by Gasteiger charge is 2.23. The van der Waals surface area contributed by atoms with Crippen LogP contribution < -0.4 is 16.6 Å². The minimum atomic E-state index is -0.695. The lowest BCUT2D eigenvalue weighted by Crippen LogP contribution is -2.34. The second-order valence-electron chi connectivity index (χ2n) is 4.66. The number of nitrogens with one attached hydrogen (secondary N) is 2. The van der Waals surface area contributed by atoms with Gasteiger partial charge in [0.05, 0.1) is 5.56 Å².